The van der Waals surface area contributed by atoms with Gasteiger partial charge in [0.1, 0.15) is 5.75 Å². The molecule has 0 heterocycles. The van der Waals surface area contributed by atoms with E-state index in [1.54, 1.807) is 0 Å². The number of anilines is 3. The van der Waals surface area contributed by atoms with Crippen molar-refractivity contribution in [3.05, 3.63) is 47.5 Å². The Kier molecular flexibility index (Phi) is 4.17. The van der Waals surface area contributed by atoms with Crippen LogP contribution < -0.4 is 15.8 Å². The van der Waals surface area contributed by atoms with E-state index in [0.717, 1.165) is 11.4 Å². The molecule has 0 aliphatic carbocycles. The van der Waals surface area contributed by atoms with Gasteiger partial charge in [0, 0.05) is 10.7 Å². The summed E-state index contributed by atoms with van der Waals surface area (Å²) in [5.74, 6) is 0.682. The van der Waals surface area contributed by atoms with E-state index in [4.69, 9.17) is 22.1 Å². The van der Waals surface area contributed by atoms with E-state index in [1.807, 2.05) is 56.3 Å². The molecule has 0 aliphatic heterocycles. The molecule has 2 aromatic rings. The maximum absolute atomic E-state index is 6.10. The first kappa shape index (κ1) is 13.6. The topological polar surface area (TPSA) is 47.3 Å². The van der Waals surface area contributed by atoms with Gasteiger partial charge in [0.2, 0.25) is 0 Å². The normalized spacial score (nSPS) is 10.5. The second-order valence-corrected chi connectivity index (χ2v) is 4.96. The van der Waals surface area contributed by atoms with Crippen LogP contribution in [0.1, 0.15) is 13.8 Å². The van der Waals surface area contributed by atoms with E-state index in [-0.39, 0.29) is 6.10 Å². The van der Waals surface area contributed by atoms with Crippen molar-refractivity contribution >= 4 is 28.7 Å². The molecular weight excluding hydrogens is 260 g/mol. The van der Waals surface area contributed by atoms with Crippen LogP contribution in [0.4, 0.5) is 17.1 Å². The molecule has 100 valence electrons. The quantitative estimate of drug-likeness (QED) is 0.811. The first-order valence-corrected chi connectivity index (χ1v) is 6.52. The summed E-state index contributed by atoms with van der Waals surface area (Å²) in [6.45, 7) is 3.94. The molecule has 0 atom stereocenters. The van der Waals surface area contributed by atoms with Crippen LogP contribution in [0.5, 0.6) is 5.75 Å². The summed E-state index contributed by atoms with van der Waals surface area (Å²) in [5.41, 5.74) is 8.39. The fraction of sp³-hybridized carbons (Fsp3) is 0.200. The van der Waals surface area contributed by atoms with Gasteiger partial charge in [-0.25, -0.2) is 0 Å². The highest BCUT2D eigenvalue weighted by atomic mass is 35.5. The Morgan fingerprint density at radius 1 is 1.16 bits per heavy atom. The summed E-state index contributed by atoms with van der Waals surface area (Å²) in [7, 11) is 0. The molecule has 4 heteroatoms. The standard InChI is InChI=1S/C15H17ClN2O/c1-10(2)19-14-8-4-7-13(15(14)17)18-12-6-3-5-11(16)9-12/h3-10,18H,17H2,1-2H3. The van der Waals surface area contributed by atoms with Crippen LogP contribution in [-0.2, 0) is 0 Å². The van der Waals surface area contributed by atoms with Crippen molar-refractivity contribution in [2.24, 2.45) is 0 Å². The first-order chi connectivity index (χ1) is 9.06. The van der Waals surface area contributed by atoms with Gasteiger partial charge in [-0.1, -0.05) is 23.7 Å². The van der Waals surface area contributed by atoms with Crippen molar-refractivity contribution in [2.75, 3.05) is 11.1 Å². The number of halogens is 1. The van der Waals surface area contributed by atoms with Crippen molar-refractivity contribution in [2.45, 2.75) is 20.0 Å². The molecule has 0 spiro atoms. The highest BCUT2D eigenvalue weighted by molar-refractivity contribution is 6.30. The first-order valence-electron chi connectivity index (χ1n) is 6.14. The van der Waals surface area contributed by atoms with Crippen LogP contribution in [0.25, 0.3) is 0 Å². The number of nitrogens with two attached hydrogens (primary N) is 1. The number of ether oxygens (including phenoxy) is 1. The predicted molar refractivity (Wildman–Crippen MR) is 81.4 cm³/mol. The van der Waals surface area contributed by atoms with Gasteiger partial charge < -0.3 is 15.8 Å². The maximum Gasteiger partial charge on any atom is 0.144 e. The zero-order valence-corrected chi connectivity index (χ0v) is 11.7. The molecule has 0 saturated carbocycles. The number of hydrogen-bond donors (Lipinski definition) is 2. The Morgan fingerprint density at radius 2 is 1.89 bits per heavy atom. The molecule has 3 nitrogen and oxygen atoms in total. The number of hydrogen-bond acceptors (Lipinski definition) is 3. The van der Waals surface area contributed by atoms with Gasteiger partial charge in [0.05, 0.1) is 17.5 Å². The Hall–Kier alpha value is -1.87. The average molecular weight is 277 g/mol. The highest BCUT2D eigenvalue weighted by Crippen LogP contribution is 2.32. The van der Waals surface area contributed by atoms with Crippen molar-refractivity contribution in [3.63, 3.8) is 0 Å². The van der Waals surface area contributed by atoms with E-state index in [9.17, 15) is 0 Å². The fourth-order valence-corrected chi connectivity index (χ4v) is 1.92. The lowest BCUT2D eigenvalue weighted by atomic mass is 10.2. The van der Waals surface area contributed by atoms with Crippen LogP contribution >= 0.6 is 11.6 Å². The summed E-state index contributed by atoms with van der Waals surface area (Å²) < 4.78 is 5.66. The molecule has 0 fully saturated rings. The van der Waals surface area contributed by atoms with Crippen LogP contribution in [0.2, 0.25) is 5.02 Å². The average Bonchev–Trinajstić information content (AvgIpc) is 2.34. The third-order valence-corrected chi connectivity index (χ3v) is 2.77. The van der Waals surface area contributed by atoms with Crippen LogP contribution in [-0.4, -0.2) is 6.10 Å². The summed E-state index contributed by atoms with van der Waals surface area (Å²) >= 11 is 5.96. The summed E-state index contributed by atoms with van der Waals surface area (Å²) in [4.78, 5) is 0. The lowest BCUT2D eigenvalue weighted by molar-refractivity contribution is 0.244. The van der Waals surface area contributed by atoms with Gasteiger partial charge >= 0.3 is 0 Å². The van der Waals surface area contributed by atoms with E-state index >= 15 is 0 Å². The molecule has 0 saturated heterocycles. The third kappa shape index (κ3) is 3.55. The smallest absolute Gasteiger partial charge is 0.144 e. The highest BCUT2D eigenvalue weighted by Gasteiger charge is 2.07. The monoisotopic (exact) mass is 276 g/mol. The van der Waals surface area contributed by atoms with Gasteiger partial charge in [-0.05, 0) is 44.2 Å². The van der Waals surface area contributed by atoms with Gasteiger partial charge in [0.25, 0.3) is 0 Å². The lowest BCUT2D eigenvalue weighted by Crippen LogP contribution is -2.08. The predicted octanol–water partition coefficient (Wildman–Crippen LogP) is 4.45. The minimum atomic E-state index is 0.0868. The van der Waals surface area contributed by atoms with Gasteiger partial charge in [-0.15, -0.1) is 0 Å². The Balaban J connectivity index is 2.25. The molecule has 2 aromatic carbocycles. The van der Waals surface area contributed by atoms with Crippen molar-refractivity contribution in [1.29, 1.82) is 0 Å². The second-order valence-electron chi connectivity index (χ2n) is 4.52. The zero-order chi connectivity index (χ0) is 13.8. The zero-order valence-electron chi connectivity index (χ0n) is 11.0. The Labute approximate surface area is 118 Å². The van der Waals surface area contributed by atoms with E-state index in [1.165, 1.54) is 0 Å². The summed E-state index contributed by atoms with van der Waals surface area (Å²) in [6, 6.07) is 13.2. The molecular formula is C15H17ClN2O. The molecule has 0 aromatic heterocycles. The number of benzene rings is 2. The number of nitrogen functional groups attached to an aromatic ring is 1. The SMILES string of the molecule is CC(C)Oc1cccc(Nc2cccc(Cl)c2)c1N. The van der Waals surface area contributed by atoms with Crippen molar-refractivity contribution in [3.8, 4) is 5.75 Å². The fourth-order valence-electron chi connectivity index (χ4n) is 1.73. The van der Waals surface area contributed by atoms with Crippen molar-refractivity contribution < 1.29 is 4.74 Å². The van der Waals surface area contributed by atoms with Gasteiger partial charge in [-0.2, -0.15) is 0 Å². The number of nitrogens with one attached hydrogen (secondary N) is 1. The molecule has 0 bridgehead atoms. The minimum absolute atomic E-state index is 0.0868. The van der Waals surface area contributed by atoms with E-state index < -0.39 is 0 Å². The Bertz CT molecular complexity index is 570. The van der Waals surface area contributed by atoms with Crippen LogP contribution in [0.3, 0.4) is 0 Å². The molecule has 0 aliphatic rings. The van der Waals surface area contributed by atoms with E-state index in [0.29, 0.717) is 16.5 Å². The van der Waals surface area contributed by atoms with E-state index in [2.05, 4.69) is 5.32 Å². The minimum Gasteiger partial charge on any atom is -0.489 e. The Morgan fingerprint density at radius 3 is 2.58 bits per heavy atom. The van der Waals surface area contributed by atoms with Crippen LogP contribution in [0, 0.1) is 0 Å². The molecule has 0 unspecified atom stereocenters. The summed E-state index contributed by atoms with van der Waals surface area (Å²) in [6.07, 6.45) is 0.0868. The molecule has 2 rings (SSSR count). The second kappa shape index (κ2) is 5.85. The number of rotatable bonds is 4. The molecule has 19 heavy (non-hydrogen) atoms. The molecule has 3 N–H and O–H groups in total. The summed E-state index contributed by atoms with van der Waals surface area (Å²) in [5, 5.41) is 3.92. The number of para-hydroxylation sites is 1. The van der Waals surface area contributed by atoms with Gasteiger partial charge in [-0.3, -0.25) is 0 Å². The molecule has 0 radical (unpaired) electrons. The van der Waals surface area contributed by atoms with Crippen LogP contribution in [0.15, 0.2) is 42.5 Å². The van der Waals surface area contributed by atoms with Crippen molar-refractivity contribution in [1.82, 2.24) is 0 Å². The molecule has 0 amide bonds. The lowest BCUT2D eigenvalue weighted by Gasteiger charge is -2.15. The third-order valence-electron chi connectivity index (χ3n) is 2.53. The van der Waals surface area contributed by atoms with Gasteiger partial charge in [0.15, 0.2) is 0 Å². The largest absolute Gasteiger partial charge is 0.489 e. The maximum atomic E-state index is 6.10.